The van der Waals surface area contributed by atoms with Crippen LogP contribution in [0.1, 0.15) is 11.1 Å². The van der Waals surface area contributed by atoms with E-state index in [4.69, 9.17) is 9.97 Å². The molecule has 0 aliphatic heterocycles. The number of benzene rings is 2. The van der Waals surface area contributed by atoms with Crippen molar-refractivity contribution in [2.45, 2.75) is 13.8 Å². The molecule has 21 heavy (non-hydrogen) atoms. The van der Waals surface area contributed by atoms with Crippen molar-refractivity contribution in [1.82, 2.24) is 9.97 Å². The molecule has 3 nitrogen and oxygen atoms in total. The van der Waals surface area contributed by atoms with Gasteiger partial charge in [0.25, 0.3) is 0 Å². The van der Waals surface area contributed by atoms with Gasteiger partial charge in [-0.05, 0) is 43.2 Å². The summed E-state index contributed by atoms with van der Waals surface area (Å²) >= 11 is 3.50. The molecule has 0 unspecified atom stereocenters. The Morgan fingerprint density at radius 3 is 2.38 bits per heavy atom. The third-order valence-corrected chi connectivity index (χ3v) is 4.09. The first-order chi connectivity index (χ1) is 10.1. The van der Waals surface area contributed by atoms with Crippen molar-refractivity contribution in [2.75, 3.05) is 12.4 Å². The first kappa shape index (κ1) is 14.0. The maximum absolute atomic E-state index is 4.74. The molecule has 0 saturated carbocycles. The molecule has 2 aromatic carbocycles. The second-order valence-electron chi connectivity index (χ2n) is 5.07. The summed E-state index contributed by atoms with van der Waals surface area (Å²) in [5.41, 5.74) is 4.43. The minimum absolute atomic E-state index is 0.768. The molecule has 0 atom stereocenters. The molecular weight excluding hydrogens is 326 g/mol. The highest BCUT2D eigenvalue weighted by Crippen LogP contribution is 2.30. The highest BCUT2D eigenvalue weighted by molar-refractivity contribution is 9.10. The highest BCUT2D eigenvalue weighted by atomic mass is 79.9. The van der Waals surface area contributed by atoms with Crippen LogP contribution in [0.3, 0.4) is 0 Å². The summed E-state index contributed by atoms with van der Waals surface area (Å²) in [7, 11) is 1.89. The lowest BCUT2D eigenvalue weighted by Gasteiger charge is -2.12. The second-order valence-corrected chi connectivity index (χ2v) is 5.99. The van der Waals surface area contributed by atoms with Crippen LogP contribution in [-0.2, 0) is 0 Å². The smallest absolute Gasteiger partial charge is 0.162 e. The molecule has 1 heterocycles. The number of hydrogen-bond acceptors (Lipinski definition) is 3. The van der Waals surface area contributed by atoms with E-state index in [2.05, 4.69) is 53.3 Å². The van der Waals surface area contributed by atoms with Crippen LogP contribution in [0.15, 0.2) is 40.9 Å². The van der Waals surface area contributed by atoms with Gasteiger partial charge in [-0.1, -0.05) is 34.1 Å². The van der Waals surface area contributed by atoms with E-state index in [0.29, 0.717) is 0 Å². The Morgan fingerprint density at radius 2 is 1.71 bits per heavy atom. The molecule has 0 bridgehead atoms. The Bertz CT molecular complexity index is 807. The summed E-state index contributed by atoms with van der Waals surface area (Å²) in [5, 5.41) is 4.19. The predicted molar refractivity (Wildman–Crippen MR) is 91.7 cm³/mol. The molecular formula is C17H16BrN3. The highest BCUT2D eigenvalue weighted by Gasteiger charge is 2.12. The van der Waals surface area contributed by atoms with Crippen LogP contribution >= 0.6 is 15.9 Å². The summed E-state index contributed by atoms with van der Waals surface area (Å²) in [5.74, 6) is 1.61. The van der Waals surface area contributed by atoms with Crippen LogP contribution in [0.2, 0.25) is 0 Å². The Hall–Kier alpha value is -1.94. The first-order valence-electron chi connectivity index (χ1n) is 6.82. The van der Waals surface area contributed by atoms with Crippen LogP contribution in [0.4, 0.5) is 5.82 Å². The lowest BCUT2D eigenvalue weighted by Crippen LogP contribution is -2.00. The van der Waals surface area contributed by atoms with Gasteiger partial charge in [0, 0.05) is 22.5 Å². The maximum Gasteiger partial charge on any atom is 0.162 e. The maximum atomic E-state index is 4.74. The average Bonchev–Trinajstić information content (AvgIpc) is 2.46. The van der Waals surface area contributed by atoms with Crippen LogP contribution in [0, 0.1) is 13.8 Å². The number of aryl methyl sites for hydroxylation is 2. The zero-order valence-corrected chi connectivity index (χ0v) is 13.8. The van der Waals surface area contributed by atoms with E-state index in [1.54, 1.807) is 0 Å². The van der Waals surface area contributed by atoms with Gasteiger partial charge in [-0.2, -0.15) is 0 Å². The predicted octanol–water partition coefficient (Wildman–Crippen LogP) is 4.72. The van der Waals surface area contributed by atoms with Gasteiger partial charge in [0.05, 0.1) is 5.52 Å². The van der Waals surface area contributed by atoms with Gasteiger partial charge in [-0.25, -0.2) is 9.97 Å². The molecule has 4 heteroatoms. The lowest BCUT2D eigenvalue weighted by atomic mass is 10.0. The SMILES string of the molecule is CNc1nc(-c2c(C)cccc2C)nc2ccc(Br)cc12. The van der Waals surface area contributed by atoms with Crippen molar-refractivity contribution in [2.24, 2.45) is 0 Å². The number of fused-ring (bicyclic) bond motifs is 1. The summed E-state index contributed by atoms with van der Waals surface area (Å²) in [6, 6.07) is 12.3. The Labute approximate surface area is 132 Å². The molecule has 0 spiro atoms. The Morgan fingerprint density at radius 1 is 1.00 bits per heavy atom. The summed E-state index contributed by atoms with van der Waals surface area (Å²) in [6.45, 7) is 4.19. The van der Waals surface area contributed by atoms with Crippen molar-refractivity contribution in [3.63, 3.8) is 0 Å². The number of anilines is 1. The fraction of sp³-hybridized carbons (Fsp3) is 0.176. The molecule has 3 aromatic rings. The molecule has 0 fully saturated rings. The van der Waals surface area contributed by atoms with Gasteiger partial charge >= 0.3 is 0 Å². The van der Waals surface area contributed by atoms with Gasteiger partial charge < -0.3 is 5.32 Å². The van der Waals surface area contributed by atoms with Gasteiger partial charge in [0.1, 0.15) is 5.82 Å². The van der Waals surface area contributed by atoms with Crippen LogP contribution in [0.25, 0.3) is 22.3 Å². The summed E-state index contributed by atoms with van der Waals surface area (Å²) in [6.07, 6.45) is 0. The van der Waals surface area contributed by atoms with Gasteiger partial charge in [-0.15, -0.1) is 0 Å². The molecule has 0 amide bonds. The van der Waals surface area contributed by atoms with Crippen molar-refractivity contribution < 1.29 is 0 Å². The molecule has 0 aliphatic carbocycles. The van der Waals surface area contributed by atoms with Crippen LogP contribution in [0.5, 0.6) is 0 Å². The van der Waals surface area contributed by atoms with E-state index in [1.807, 2.05) is 25.2 Å². The number of nitrogens with one attached hydrogen (secondary N) is 1. The monoisotopic (exact) mass is 341 g/mol. The lowest BCUT2D eigenvalue weighted by molar-refractivity contribution is 1.19. The number of nitrogens with zero attached hydrogens (tertiary/aromatic N) is 2. The number of halogens is 1. The van der Waals surface area contributed by atoms with Crippen molar-refractivity contribution in [3.8, 4) is 11.4 Å². The van der Waals surface area contributed by atoms with Gasteiger partial charge in [-0.3, -0.25) is 0 Å². The molecule has 1 aromatic heterocycles. The average molecular weight is 342 g/mol. The largest absolute Gasteiger partial charge is 0.373 e. The summed E-state index contributed by atoms with van der Waals surface area (Å²) in [4.78, 5) is 9.45. The molecule has 0 aliphatic rings. The fourth-order valence-corrected chi connectivity index (χ4v) is 2.93. The molecule has 3 rings (SSSR count). The third kappa shape index (κ3) is 2.51. The van der Waals surface area contributed by atoms with E-state index in [-0.39, 0.29) is 0 Å². The number of hydrogen-bond donors (Lipinski definition) is 1. The van der Waals surface area contributed by atoms with Crippen molar-refractivity contribution >= 4 is 32.7 Å². The molecule has 106 valence electrons. The normalized spacial score (nSPS) is 10.9. The van der Waals surface area contributed by atoms with E-state index in [9.17, 15) is 0 Å². The summed E-state index contributed by atoms with van der Waals surface area (Å²) < 4.78 is 1.02. The topological polar surface area (TPSA) is 37.8 Å². The van der Waals surface area contributed by atoms with E-state index < -0.39 is 0 Å². The van der Waals surface area contributed by atoms with Gasteiger partial charge in [0.15, 0.2) is 5.82 Å². The zero-order valence-electron chi connectivity index (χ0n) is 12.2. The van der Waals surface area contributed by atoms with E-state index in [1.165, 1.54) is 11.1 Å². The Kier molecular flexibility index (Phi) is 3.64. The fourth-order valence-electron chi connectivity index (χ4n) is 2.57. The Balaban J connectivity index is 2.32. The van der Waals surface area contributed by atoms with Crippen molar-refractivity contribution in [3.05, 3.63) is 52.0 Å². The molecule has 0 saturated heterocycles. The third-order valence-electron chi connectivity index (χ3n) is 3.60. The van der Waals surface area contributed by atoms with Gasteiger partial charge in [0.2, 0.25) is 0 Å². The molecule has 1 N–H and O–H groups in total. The quantitative estimate of drug-likeness (QED) is 0.732. The minimum Gasteiger partial charge on any atom is -0.373 e. The number of aromatic nitrogens is 2. The minimum atomic E-state index is 0.768. The standard InChI is InChI=1S/C17H16BrN3/c1-10-5-4-6-11(2)15(10)17-20-14-8-7-12(18)9-13(14)16(19-3)21-17/h4-9H,1-3H3,(H,19,20,21). The second kappa shape index (κ2) is 5.45. The van der Waals surface area contributed by atoms with Crippen LogP contribution < -0.4 is 5.32 Å². The van der Waals surface area contributed by atoms with Crippen LogP contribution in [-0.4, -0.2) is 17.0 Å². The van der Waals surface area contributed by atoms with E-state index in [0.717, 1.165) is 32.6 Å². The first-order valence-corrected chi connectivity index (χ1v) is 7.61. The van der Waals surface area contributed by atoms with Crippen molar-refractivity contribution in [1.29, 1.82) is 0 Å². The van der Waals surface area contributed by atoms with E-state index >= 15 is 0 Å². The molecule has 0 radical (unpaired) electrons. The number of rotatable bonds is 2. The zero-order chi connectivity index (χ0) is 15.0.